The molecule has 1 heterocycles. The average Bonchev–Trinajstić information content (AvgIpc) is 3.46. The lowest BCUT2D eigenvalue weighted by molar-refractivity contribution is -0.143. The lowest BCUT2D eigenvalue weighted by Gasteiger charge is -2.27. The van der Waals surface area contributed by atoms with E-state index in [0.717, 1.165) is 33.2 Å². The molecule has 0 aliphatic rings. The predicted octanol–water partition coefficient (Wildman–Crippen LogP) is 7.17. The molecule has 3 aromatic carbocycles. The van der Waals surface area contributed by atoms with Crippen LogP contribution in [0.25, 0.3) is 22.1 Å². The highest BCUT2D eigenvalue weighted by molar-refractivity contribution is 7.90. The second-order valence-corrected chi connectivity index (χ2v) is 13.5. The van der Waals surface area contributed by atoms with E-state index < -0.39 is 28.8 Å². The highest BCUT2D eigenvalue weighted by Gasteiger charge is 2.30. The van der Waals surface area contributed by atoms with Crippen molar-refractivity contribution in [1.29, 1.82) is 0 Å². The molecule has 1 unspecified atom stereocenters. The maximum atomic E-state index is 14.1. The number of halogens is 1. The van der Waals surface area contributed by atoms with Gasteiger partial charge in [0.05, 0.1) is 19.3 Å². The van der Waals surface area contributed by atoms with Crippen molar-refractivity contribution in [2.24, 2.45) is 0 Å². The zero-order valence-corrected chi connectivity index (χ0v) is 26.2. The topological polar surface area (TPSA) is 93.0 Å². The van der Waals surface area contributed by atoms with Crippen LogP contribution in [0.1, 0.15) is 55.5 Å². The molecule has 0 bridgehead atoms. The van der Waals surface area contributed by atoms with Crippen molar-refractivity contribution < 1.29 is 32.4 Å². The first-order chi connectivity index (χ1) is 20.6. The summed E-state index contributed by atoms with van der Waals surface area (Å²) >= 11 is -1.43. The second-order valence-electron chi connectivity index (χ2n) is 11.5. The Balaban J connectivity index is 1.56. The van der Waals surface area contributed by atoms with Gasteiger partial charge in [0.15, 0.2) is 0 Å². The molecule has 43 heavy (non-hydrogen) atoms. The molecular formula is C34H40FNO6S. The van der Waals surface area contributed by atoms with Crippen LogP contribution in [0, 0.1) is 6.92 Å². The Hall–Kier alpha value is -3.37. The fourth-order valence-electron chi connectivity index (χ4n) is 4.56. The van der Waals surface area contributed by atoms with E-state index in [1.807, 2.05) is 88.4 Å². The number of furan rings is 1. The van der Waals surface area contributed by atoms with E-state index in [4.69, 9.17) is 18.6 Å². The summed E-state index contributed by atoms with van der Waals surface area (Å²) in [6, 6.07) is 18.5. The van der Waals surface area contributed by atoms with E-state index in [0.29, 0.717) is 36.5 Å². The number of rotatable bonds is 14. The summed E-state index contributed by atoms with van der Waals surface area (Å²) in [5.74, 6) is 0.299. The van der Waals surface area contributed by atoms with Gasteiger partial charge in [0, 0.05) is 48.0 Å². The number of benzene rings is 3. The zero-order valence-electron chi connectivity index (χ0n) is 25.4. The molecule has 0 fully saturated rings. The minimum Gasteiger partial charge on any atom is -0.598 e. The van der Waals surface area contributed by atoms with Crippen LogP contribution < -0.4 is 9.46 Å². The lowest BCUT2D eigenvalue weighted by Crippen LogP contribution is -2.41. The van der Waals surface area contributed by atoms with Gasteiger partial charge in [-0.25, -0.2) is 4.39 Å². The van der Waals surface area contributed by atoms with Gasteiger partial charge >= 0.3 is 5.97 Å². The fraction of sp³-hybridized carbons (Fsp3) is 0.382. The number of hydrogen-bond acceptors (Lipinski definition) is 7. The molecule has 4 aromatic rings. The zero-order chi connectivity index (χ0) is 31.0. The number of carbonyl (C=O) groups is 1. The van der Waals surface area contributed by atoms with E-state index in [2.05, 4.69) is 4.72 Å². The van der Waals surface area contributed by atoms with Gasteiger partial charge in [-0.15, -0.1) is 4.72 Å². The van der Waals surface area contributed by atoms with Crippen molar-refractivity contribution in [3.63, 3.8) is 0 Å². The largest absolute Gasteiger partial charge is 0.598 e. The van der Waals surface area contributed by atoms with Gasteiger partial charge in [0.2, 0.25) is 0 Å². The van der Waals surface area contributed by atoms with Crippen molar-refractivity contribution in [3.05, 3.63) is 89.2 Å². The van der Waals surface area contributed by atoms with Crippen LogP contribution in [0.15, 0.2) is 71.3 Å². The number of esters is 1. The Labute approximate surface area is 256 Å². The van der Waals surface area contributed by atoms with Gasteiger partial charge < -0.3 is 23.2 Å². The van der Waals surface area contributed by atoms with Crippen LogP contribution in [0.3, 0.4) is 0 Å². The number of aryl methyl sites for hydroxylation is 1. The smallest absolute Gasteiger partial charge is 0.310 e. The van der Waals surface area contributed by atoms with E-state index >= 15 is 0 Å². The molecule has 4 rings (SSSR count). The summed E-state index contributed by atoms with van der Waals surface area (Å²) in [4.78, 5) is 12.4. The number of methoxy groups -OCH3 is 1. The summed E-state index contributed by atoms with van der Waals surface area (Å²) in [7, 11) is 1.61. The third-order valence-electron chi connectivity index (χ3n) is 6.88. The normalized spacial score (nSPS) is 13.2. The van der Waals surface area contributed by atoms with Crippen molar-refractivity contribution in [2.45, 2.75) is 57.9 Å². The summed E-state index contributed by atoms with van der Waals surface area (Å²) in [6.07, 6.45) is 2.38. The molecule has 0 aliphatic carbocycles. The SMILES string of the molecule is COCCCOC(=O)Cc1ccc(C)cc1OCc1cc(-c2cccc(C(CF)N[S@+]([O-])C(C)(C)C)c2)c2occc2c1. The number of hydrogen-bond donors (Lipinski definition) is 1. The molecule has 0 spiro atoms. The van der Waals surface area contributed by atoms with Gasteiger partial charge in [-0.2, -0.15) is 0 Å². The van der Waals surface area contributed by atoms with Crippen LogP contribution in [0.2, 0.25) is 0 Å². The van der Waals surface area contributed by atoms with Gasteiger partial charge in [-0.1, -0.05) is 30.3 Å². The summed E-state index contributed by atoms with van der Waals surface area (Å²) in [5, 5.41) is 0.902. The van der Waals surface area contributed by atoms with Crippen molar-refractivity contribution >= 4 is 28.3 Å². The fourth-order valence-corrected chi connectivity index (χ4v) is 5.37. The van der Waals surface area contributed by atoms with Gasteiger partial charge in [-0.3, -0.25) is 4.79 Å². The Bertz CT molecular complexity index is 1510. The Morgan fingerprint density at radius 1 is 1.09 bits per heavy atom. The molecule has 0 aliphatic heterocycles. The lowest BCUT2D eigenvalue weighted by atomic mass is 9.97. The molecule has 9 heteroatoms. The van der Waals surface area contributed by atoms with Crippen molar-refractivity contribution in [2.75, 3.05) is 27.0 Å². The number of nitrogens with one attached hydrogen (secondary N) is 1. The first-order valence-electron chi connectivity index (χ1n) is 14.3. The minimum atomic E-state index is -1.43. The maximum Gasteiger partial charge on any atom is 0.310 e. The third-order valence-corrected chi connectivity index (χ3v) is 8.49. The monoisotopic (exact) mass is 609 g/mol. The first kappa shape index (κ1) is 32.5. The third kappa shape index (κ3) is 8.83. The number of fused-ring (bicyclic) bond motifs is 1. The molecule has 1 N–H and O–H groups in total. The maximum absolute atomic E-state index is 14.1. The summed E-state index contributed by atoms with van der Waals surface area (Å²) in [6.45, 7) is 7.90. The van der Waals surface area contributed by atoms with E-state index in [9.17, 15) is 13.7 Å². The van der Waals surface area contributed by atoms with Crippen molar-refractivity contribution in [3.8, 4) is 16.9 Å². The van der Waals surface area contributed by atoms with E-state index in [1.54, 1.807) is 13.4 Å². The molecule has 1 aromatic heterocycles. The van der Waals surface area contributed by atoms with Crippen LogP contribution in [0.4, 0.5) is 4.39 Å². The quantitative estimate of drug-likeness (QED) is 0.0920. The molecule has 7 nitrogen and oxygen atoms in total. The molecule has 2 atom stereocenters. The van der Waals surface area contributed by atoms with Crippen molar-refractivity contribution in [1.82, 2.24) is 4.72 Å². The Morgan fingerprint density at radius 2 is 1.91 bits per heavy atom. The summed E-state index contributed by atoms with van der Waals surface area (Å²) in [5.41, 5.74) is 5.73. The van der Waals surface area contributed by atoms with Crippen LogP contribution in [-0.4, -0.2) is 42.3 Å². The molecule has 0 amide bonds. The highest BCUT2D eigenvalue weighted by Crippen LogP contribution is 2.34. The molecular weight excluding hydrogens is 569 g/mol. The Morgan fingerprint density at radius 3 is 2.65 bits per heavy atom. The van der Waals surface area contributed by atoms with Gasteiger partial charge in [0.1, 0.15) is 35.4 Å². The average molecular weight is 610 g/mol. The van der Waals surface area contributed by atoms with Crippen LogP contribution in [-0.2, 0) is 38.7 Å². The van der Waals surface area contributed by atoms with E-state index in [-0.39, 0.29) is 19.0 Å². The van der Waals surface area contributed by atoms with Crippen LogP contribution in [0.5, 0.6) is 5.75 Å². The molecule has 0 saturated carbocycles. The van der Waals surface area contributed by atoms with Crippen LogP contribution >= 0.6 is 0 Å². The Kier molecular flexibility index (Phi) is 11.3. The highest BCUT2D eigenvalue weighted by atomic mass is 32.2. The molecule has 0 saturated heterocycles. The number of alkyl halides is 1. The molecule has 0 radical (unpaired) electrons. The van der Waals surface area contributed by atoms with E-state index in [1.165, 1.54) is 0 Å². The second kappa shape index (κ2) is 14.9. The van der Waals surface area contributed by atoms with Gasteiger partial charge in [0.25, 0.3) is 0 Å². The number of carbonyl (C=O) groups excluding carboxylic acids is 1. The number of ether oxygens (including phenoxy) is 3. The molecule has 230 valence electrons. The summed E-state index contributed by atoms with van der Waals surface area (Å²) < 4.78 is 51.7. The minimum absolute atomic E-state index is 0.102. The van der Waals surface area contributed by atoms with Gasteiger partial charge in [-0.05, 0) is 80.3 Å². The standard InChI is InChI=1S/C34H40FNO6S/c1-23-10-11-27(20-32(37)40-14-7-13-39-5)31(16-23)42-22-24-17-28-12-15-41-33(28)29(18-24)25-8-6-9-26(19-25)30(21-35)36-43(38)34(2,3)4/h6,8-12,15-19,30,36H,7,13-14,20-22H2,1-5H3/t30?,43-/m1/s1. The predicted molar refractivity (Wildman–Crippen MR) is 168 cm³/mol. The first-order valence-corrected chi connectivity index (χ1v) is 15.5.